The number of hydrogen-bond donors (Lipinski definition) is 1. The van der Waals surface area contributed by atoms with Gasteiger partial charge in [-0.25, -0.2) is 17.2 Å². The maximum atomic E-state index is 13.2. The summed E-state index contributed by atoms with van der Waals surface area (Å²) in [5.41, 5.74) is -0.866. The molecular weight excluding hydrogens is 412 g/mol. The fourth-order valence-electron chi connectivity index (χ4n) is 2.69. The number of aromatic carboxylic acids is 1. The van der Waals surface area contributed by atoms with Crippen LogP contribution in [0.3, 0.4) is 0 Å². The molecule has 2 aromatic heterocycles. The monoisotopic (exact) mass is 424 g/mol. The van der Waals surface area contributed by atoms with Crippen LogP contribution in [0.2, 0.25) is 0 Å². The summed E-state index contributed by atoms with van der Waals surface area (Å²) in [5.74, 6) is -1.44. The molecule has 130 valence electrons. The van der Waals surface area contributed by atoms with E-state index < -0.39 is 27.2 Å². The van der Waals surface area contributed by atoms with Gasteiger partial charge in [-0.15, -0.1) is 0 Å². The largest absolute Gasteiger partial charge is 0.477 e. The molecule has 25 heavy (non-hydrogen) atoms. The minimum atomic E-state index is -4.28. The third kappa shape index (κ3) is 2.59. The van der Waals surface area contributed by atoms with E-state index in [-0.39, 0.29) is 15.8 Å². The van der Waals surface area contributed by atoms with Gasteiger partial charge in [-0.3, -0.25) is 4.79 Å². The highest BCUT2D eigenvalue weighted by Gasteiger charge is 2.29. The summed E-state index contributed by atoms with van der Waals surface area (Å²) in [6.45, 7) is 1.60. The average Bonchev–Trinajstić information content (AvgIpc) is 2.95. The fourth-order valence-corrected chi connectivity index (χ4v) is 5.02. The topological polar surface area (TPSA) is 98.4 Å². The smallest absolute Gasteiger partial charge is 0.353 e. The zero-order chi connectivity index (χ0) is 18.5. The van der Waals surface area contributed by atoms with Crippen LogP contribution < -0.4 is 5.56 Å². The molecule has 0 aliphatic heterocycles. The second-order valence-corrected chi connectivity index (χ2v) is 8.13. The van der Waals surface area contributed by atoms with E-state index in [0.717, 1.165) is 0 Å². The Kier molecular flexibility index (Phi) is 4.08. The lowest BCUT2D eigenvalue weighted by Crippen LogP contribution is -2.25. The van der Waals surface area contributed by atoms with E-state index in [4.69, 9.17) is 0 Å². The van der Waals surface area contributed by atoms with Crippen LogP contribution in [0.5, 0.6) is 0 Å². The number of benzene rings is 1. The molecule has 0 unspecified atom stereocenters. The highest BCUT2D eigenvalue weighted by molar-refractivity contribution is 9.10. The predicted octanol–water partition coefficient (Wildman–Crippen LogP) is 2.35. The number of carboxylic acid groups (broad SMARTS) is 1. The normalized spacial score (nSPS) is 11.8. The summed E-state index contributed by atoms with van der Waals surface area (Å²) >= 11 is 3.26. The molecule has 2 heterocycles. The number of hydrogen-bond acceptors (Lipinski definition) is 4. The number of pyridine rings is 1. The van der Waals surface area contributed by atoms with Gasteiger partial charge in [0.05, 0.1) is 4.90 Å². The van der Waals surface area contributed by atoms with E-state index in [0.29, 0.717) is 14.0 Å². The Morgan fingerprint density at radius 1 is 1.24 bits per heavy atom. The van der Waals surface area contributed by atoms with Crippen LogP contribution >= 0.6 is 15.9 Å². The maximum absolute atomic E-state index is 13.2. The van der Waals surface area contributed by atoms with Crippen molar-refractivity contribution in [1.29, 1.82) is 0 Å². The first-order valence-electron chi connectivity index (χ1n) is 7.11. The van der Waals surface area contributed by atoms with Crippen molar-refractivity contribution >= 4 is 42.8 Å². The molecule has 0 atom stereocenters. The number of aryl methyl sites for hydroxylation is 2. The zero-order valence-electron chi connectivity index (χ0n) is 13.2. The van der Waals surface area contributed by atoms with Crippen molar-refractivity contribution in [3.8, 4) is 0 Å². The van der Waals surface area contributed by atoms with Gasteiger partial charge >= 0.3 is 5.97 Å². The van der Waals surface area contributed by atoms with Gasteiger partial charge in [0.25, 0.3) is 15.6 Å². The number of halogens is 1. The molecule has 0 amide bonds. The molecule has 0 fully saturated rings. The Hall–Kier alpha value is -2.39. The van der Waals surface area contributed by atoms with Gasteiger partial charge < -0.3 is 9.67 Å². The number of rotatable bonds is 3. The second-order valence-electron chi connectivity index (χ2n) is 5.53. The van der Waals surface area contributed by atoms with Crippen molar-refractivity contribution in [1.82, 2.24) is 8.54 Å². The van der Waals surface area contributed by atoms with Crippen molar-refractivity contribution in [2.24, 2.45) is 7.05 Å². The van der Waals surface area contributed by atoms with Crippen molar-refractivity contribution in [3.05, 3.63) is 62.6 Å². The third-order valence-electron chi connectivity index (χ3n) is 3.88. The van der Waals surface area contributed by atoms with E-state index in [2.05, 4.69) is 15.9 Å². The quantitative estimate of drug-likeness (QED) is 0.695. The minimum Gasteiger partial charge on any atom is -0.477 e. The second kappa shape index (κ2) is 5.85. The Bertz CT molecular complexity index is 1190. The predicted molar refractivity (Wildman–Crippen MR) is 95.6 cm³/mol. The van der Waals surface area contributed by atoms with Crippen LogP contribution in [0, 0.1) is 6.92 Å². The summed E-state index contributed by atoms with van der Waals surface area (Å²) in [6, 6.07) is 7.38. The minimum absolute atomic E-state index is 0.0583. The molecule has 0 spiro atoms. The van der Waals surface area contributed by atoms with Crippen LogP contribution in [-0.2, 0) is 17.1 Å². The van der Waals surface area contributed by atoms with Gasteiger partial charge in [-0.05, 0) is 40.5 Å². The number of aromatic nitrogens is 2. The molecule has 9 heteroatoms. The molecule has 0 saturated carbocycles. The van der Waals surface area contributed by atoms with Crippen molar-refractivity contribution < 1.29 is 18.3 Å². The van der Waals surface area contributed by atoms with Gasteiger partial charge in [0.15, 0.2) is 0 Å². The number of carboxylic acids is 1. The van der Waals surface area contributed by atoms with Gasteiger partial charge in [-0.2, -0.15) is 0 Å². The SMILES string of the molecule is Cc1ccccc1S(=O)(=O)n1c(C(=O)O)cc2c(Br)cn(C)c(=O)c21. The molecule has 3 rings (SSSR count). The molecule has 0 radical (unpaired) electrons. The first-order valence-corrected chi connectivity index (χ1v) is 9.34. The van der Waals surface area contributed by atoms with Crippen LogP contribution in [-0.4, -0.2) is 28.0 Å². The van der Waals surface area contributed by atoms with E-state index in [1.54, 1.807) is 25.1 Å². The van der Waals surface area contributed by atoms with E-state index in [1.165, 1.54) is 29.9 Å². The first kappa shape index (κ1) is 17.4. The Morgan fingerprint density at radius 2 is 1.88 bits per heavy atom. The van der Waals surface area contributed by atoms with E-state index in [9.17, 15) is 23.1 Å². The Balaban J connectivity index is 2.56. The lowest BCUT2D eigenvalue weighted by molar-refractivity contribution is 0.0689. The van der Waals surface area contributed by atoms with Crippen molar-refractivity contribution in [2.75, 3.05) is 0 Å². The van der Waals surface area contributed by atoms with Gasteiger partial charge in [0, 0.05) is 23.1 Å². The fraction of sp³-hybridized carbons (Fsp3) is 0.125. The van der Waals surface area contributed by atoms with Gasteiger partial charge in [0.1, 0.15) is 11.2 Å². The third-order valence-corrected chi connectivity index (χ3v) is 6.38. The van der Waals surface area contributed by atoms with Gasteiger partial charge in [-0.1, -0.05) is 18.2 Å². The molecule has 1 aromatic carbocycles. The van der Waals surface area contributed by atoms with Crippen molar-refractivity contribution in [2.45, 2.75) is 11.8 Å². The molecule has 1 N–H and O–H groups in total. The van der Waals surface area contributed by atoms with Crippen LogP contribution in [0.4, 0.5) is 0 Å². The molecule has 7 nitrogen and oxygen atoms in total. The van der Waals surface area contributed by atoms with Crippen molar-refractivity contribution in [3.63, 3.8) is 0 Å². The molecule has 0 saturated heterocycles. The van der Waals surface area contributed by atoms with Crippen LogP contribution in [0.15, 0.2) is 50.7 Å². The first-order chi connectivity index (χ1) is 11.7. The lowest BCUT2D eigenvalue weighted by Gasteiger charge is -2.12. The number of nitrogens with zero attached hydrogens (tertiary/aromatic N) is 2. The Morgan fingerprint density at radius 3 is 2.48 bits per heavy atom. The van der Waals surface area contributed by atoms with E-state index in [1.807, 2.05) is 0 Å². The molecular formula is C16H13BrN2O5S. The molecule has 0 bridgehead atoms. The highest BCUT2D eigenvalue weighted by Crippen LogP contribution is 2.29. The summed E-state index contributed by atoms with van der Waals surface area (Å²) in [4.78, 5) is 24.2. The summed E-state index contributed by atoms with van der Waals surface area (Å²) in [5, 5.41) is 9.71. The highest BCUT2D eigenvalue weighted by atomic mass is 79.9. The van der Waals surface area contributed by atoms with Gasteiger partial charge in [0.2, 0.25) is 0 Å². The zero-order valence-corrected chi connectivity index (χ0v) is 15.6. The molecule has 3 aromatic rings. The van der Waals surface area contributed by atoms with Crippen LogP contribution in [0.25, 0.3) is 10.9 Å². The molecule has 0 aliphatic rings. The molecule has 0 aliphatic carbocycles. The summed E-state index contributed by atoms with van der Waals surface area (Å²) < 4.78 is 28.6. The number of carbonyl (C=O) groups is 1. The maximum Gasteiger partial charge on any atom is 0.353 e. The Labute approximate surface area is 151 Å². The van der Waals surface area contributed by atoms with Crippen LogP contribution in [0.1, 0.15) is 16.1 Å². The average molecular weight is 425 g/mol. The van der Waals surface area contributed by atoms with E-state index >= 15 is 0 Å². The summed E-state index contributed by atoms with van der Waals surface area (Å²) in [7, 11) is -2.82. The standard InChI is InChI=1S/C16H13BrN2O5S/c1-9-5-3-4-6-13(9)25(23,24)19-12(16(21)22)7-10-11(17)8-18(2)15(20)14(10)19/h3-8H,1-2H3,(H,21,22). The summed E-state index contributed by atoms with van der Waals surface area (Å²) in [6.07, 6.45) is 1.46. The number of fused-ring (bicyclic) bond motifs is 1. The lowest BCUT2D eigenvalue weighted by atomic mass is 10.2.